The number of ether oxygens (including phenoxy) is 1. The fourth-order valence-corrected chi connectivity index (χ4v) is 3.19. The number of benzene rings is 1. The molecule has 0 aromatic heterocycles. The molecule has 1 heterocycles. The normalized spacial score (nSPS) is 25.4. The first-order valence-corrected chi connectivity index (χ1v) is 7.77. The quantitative estimate of drug-likeness (QED) is 0.894. The lowest BCUT2D eigenvalue weighted by Crippen LogP contribution is -2.48. The third-order valence-corrected chi connectivity index (χ3v) is 4.55. The molecule has 0 aliphatic carbocycles. The lowest BCUT2D eigenvalue weighted by atomic mass is 9.92. The largest absolute Gasteiger partial charge is 0.497 e. The highest BCUT2D eigenvalue weighted by atomic mass is 16.5. The maximum absolute atomic E-state index is 5.23. The van der Waals surface area contributed by atoms with Crippen molar-refractivity contribution in [3.05, 3.63) is 29.8 Å². The van der Waals surface area contributed by atoms with Crippen molar-refractivity contribution in [2.24, 2.45) is 5.92 Å². The number of nitrogens with zero attached hydrogens (tertiary/aromatic N) is 1. The van der Waals surface area contributed by atoms with E-state index in [1.54, 1.807) is 7.11 Å². The third-order valence-electron chi connectivity index (χ3n) is 4.55. The van der Waals surface area contributed by atoms with Crippen molar-refractivity contribution in [3.8, 4) is 5.75 Å². The molecule has 0 saturated carbocycles. The molecule has 1 aliphatic heterocycles. The SMILES string of the molecule is CCNC1CCN(C(C)c2ccc(OC)cc2)CC1C. The summed E-state index contributed by atoms with van der Waals surface area (Å²) < 4.78 is 5.23. The van der Waals surface area contributed by atoms with Crippen LogP contribution in [0.3, 0.4) is 0 Å². The van der Waals surface area contributed by atoms with E-state index in [1.165, 1.54) is 25.1 Å². The molecule has 1 saturated heterocycles. The molecule has 0 bridgehead atoms. The highest BCUT2D eigenvalue weighted by molar-refractivity contribution is 5.29. The zero-order chi connectivity index (χ0) is 14.5. The Morgan fingerprint density at radius 1 is 1.35 bits per heavy atom. The van der Waals surface area contributed by atoms with Gasteiger partial charge in [0.05, 0.1) is 7.11 Å². The molecule has 3 unspecified atom stereocenters. The van der Waals surface area contributed by atoms with Gasteiger partial charge in [0.15, 0.2) is 0 Å². The molecule has 20 heavy (non-hydrogen) atoms. The van der Waals surface area contributed by atoms with E-state index in [1.807, 2.05) is 0 Å². The molecule has 1 aliphatic rings. The summed E-state index contributed by atoms with van der Waals surface area (Å²) in [5.74, 6) is 1.64. The highest BCUT2D eigenvalue weighted by Crippen LogP contribution is 2.27. The van der Waals surface area contributed by atoms with Gasteiger partial charge in [0.25, 0.3) is 0 Å². The van der Waals surface area contributed by atoms with E-state index in [0.717, 1.165) is 12.3 Å². The van der Waals surface area contributed by atoms with Crippen LogP contribution in [0.2, 0.25) is 0 Å². The van der Waals surface area contributed by atoms with Crippen LogP contribution in [0.4, 0.5) is 0 Å². The Hall–Kier alpha value is -1.06. The van der Waals surface area contributed by atoms with Crippen molar-refractivity contribution >= 4 is 0 Å². The first-order chi connectivity index (χ1) is 9.65. The molecule has 0 radical (unpaired) electrons. The van der Waals surface area contributed by atoms with Crippen molar-refractivity contribution in [2.75, 3.05) is 26.7 Å². The Bertz CT molecular complexity index is 404. The van der Waals surface area contributed by atoms with Crippen LogP contribution in [0.5, 0.6) is 5.75 Å². The van der Waals surface area contributed by atoms with Crippen molar-refractivity contribution in [2.45, 2.75) is 39.3 Å². The van der Waals surface area contributed by atoms with Gasteiger partial charge in [-0.3, -0.25) is 4.90 Å². The summed E-state index contributed by atoms with van der Waals surface area (Å²) in [6.45, 7) is 10.3. The fraction of sp³-hybridized carbons (Fsp3) is 0.647. The van der Waals surface area contributed by atoms with Crippen LogP contribution in [0.15, 0.2) is 24.3 Å². The van der Waals surface area contributed by atoms with Crippen LogP contribution < -0.4 is 10.1 Å². The molecule has 0 amide bonds. The topological polar surface area (TPSA) is 24.5 Å². The highest BCUT2D eigenvalue weighted by Gasteiger charge is 2.28. The molecule has 3 nitrogen and oxygen atoms in total. The second-order valence-electron chi connectivity index (χ2n) is 5.87. The standard InChI is InChI=1S/C17H28N2O/c1-5-18-17-10-11-19(12-13(17)2)14(3)15-6-8-16(20-4)9-7-15/h6-9,13-14,17-18H,5,10-12H2,1-4H3. The molecular weight excluding hydrogens is 248 g/mol. The molecule has 3 heteroatoms. The molecule has 0 spiro atoms. The van der Waals surface area contributed by atoms with Crippen LogP contribution in [0.1, 0.15) is 38.8 Å². The van der Waals surface area contributed by atoms with E-state index in [4.69, 9.17) is 4.74 Å². The van der Waals surface area contributed by atoms with Crippen LogP contribution in [-0.4, -0.2) is 37.7 Å². The molecular formula is C17H28N2O. The first-order valence-electron chi connectivity index (χ1n) is 7.77. The Balaban J connectivity index is 1.97. The number of piperidine rings is 1. The van der Waals surface area contributed by atoms with Crippen molar-refractivity contribution in [1.29, 1.82) is 0 Å². The van der Waals surface area contributed by atoms with Crippen molar-refractivity contribution in [3.63, 3.8) is 0 Å². The van der Waals surface area contributed by atoms with Gasteiger partial charge in [-0.2, -0.15) is 0 Å². The third kappa shape index (κ3) is 3.53. The molecule has 1 aromatic rings. The minimum atomic E-state index is 0.478. The number of rotatable bonds is 5. The van der Waals surface area contributed by atoms with Crippen LogP contribution in [0, 0.1) is 5.92 Å². The summed E-state index contributed by atoms with van der Waals surface area (Å²) in [7, 11) is 1.71. The number of methoxy groups -OCH3 is 1. The van der Waals surface area contributed by atoms with Gasteiger partial charge in [-0.1, -0.05) is 26.0 Å². The summed E-state index contributed by atoms with van der Waals surface area (Å²) in [5.41, 5.74) is 1.37. The van der Waals surface area contributed by atoms with Gasteiger partial charge in [-0.05, 0) is 43.5 Å². The van der Waals surface area contributed by atoms with E-state index in [2.05, 4.69) is 55.3 Å². The summed E-state index contributed by atoms with van der Waals surface area (Å²) in [5, 5.41) is 3.61. The van der Waals surface area contributed by atoms with E-state index in [0.29, 0.717) is 18.0 Å². The van der Waals surface area contributed by atoms with Gasteiger partial charge in [-0.15, -0.1) is 0 Å². The van der Waals surface area contributed by atoms with Crippen LogP contribution >= 0.6 is 0 Å². The summed E-state index contributed by atoms with van der Waals surface area (Å²) >= 11 is 0. The molecule has 1 N–H and O–H groups in total. The average Bonchev–Trinajstić information content (AvgIpc) is 2.49. The lowest BCUT2D eigenvalue weighted by molar-refractivity contribution is 0.112. The summed E-state index contributed by atoms with van der Waals surface area (Å²) in [6, 6.07) is 9.64. The smallest absolute Gasteiger partial charge is 0.118 e. The molecule has 112 valence electrons. The van der Waals surface area contributed by atoms with Gasteiger partial charge in [0.1, 0.15) is 5.75 Å². The van der Waals surface area contributed by atoms with Gasteiger partial charge < -0.3 is 10.1 Å². The fourth-order valence-electron chi connectivity index (χ4n) is 3.19. The number of nitrogens with one attached hydrogen (secondary N) is 1. The minimum Gasteiger partial charge on any atom is -0.497 e. The predicted octanol–water partition coefficient (Wildman–Crippen LogP) is 3.08. The number of hydrogen-bond acceptors (Lipinski definition) is 3. The maximum atomic E-state index is 5.23. The monoisotopic (exact) mass is 276 g/mol. The van der Waals surface area contributed by atoms with Gasteiger partial charge in [0, 0.05) is 25.2 Å². The Kier molecular flexibility index (Phi) is 5.44. The van der Waals surface area contributed by atoms with Crippen LogP contribution in [0.25, 0.3) is 0 Å². The Morgan fingerprint density at radius 3 is 2.60 bits per heavy atom. The maximum Gasteiger partial charge on any atom is 0.118 e. The lowest BCUT2D eigenvalue weighted by Gasteiger charge is -2.40. The number of likely N-dealkylation sites (tertiary alicyclic amines) is 1. The van der Waals surface area contributed by atoms with Gasteiger partial charge in [0.2, 0.25) is 0 Å². The zero-order valence-corrected chi connectivity index (χ0v) is 13.2. The van der Waals surface area contributed by atoms with Crippen LogP contribution in [-0.2, 0) is 0 Å². The second-order valence-corrected chi connectivity index (χ2v) is 5.87. The second kappa shape index (κ2) is 7.09. The summed E-state index contributed by atoms with van der Waals surface area (Å²) in [6.07, 6.45) is 1.25. The summed E-state index contributed by atoms with van der Waals surface area (Å²) in [4.78, 5) is 2.60. The van der Waals surface area contributed by atoms with E-state index >= 15 is 0 Å². The average molecular weight is 276 g/mol. The van der Waals surface area contributed by atoms with Crippen molar-refractivity contribution < 1.29 is 4.74 Å². The van der Waals surface area contributed by atoms with E-state index < -0.39 is 0 Å². The molecule has 3 atom stereocenters. The Labute approximate surface area is 123 Å². The number of hydrogen-bond donors (Lipinski definition) is 1. The molecule has 1 fully saturated rings. The van der Waals surface area contributed by atoms with E-state index in [-0.39, 0.29) is 0 Å². The van der Waals surface area contributed by atoms with E-state index in [9.17, 15) is 0 Å². The zero-order valence-electron chi connectivity index (χ0n) is 13.2. The van der Waals surface area contributed by atoms with Crippen molar-refractivity contribution in [1.82, 2.24) is 10.2 Å². The van der Waals surface area contributed by atoms with Gasteiger partial charge in [-0.25, -0.2) is 0 Å². The molecule has 2 rings (SSSR count). The first kappa shape index (κ1) is 15.3. The predicted molar refractivity (Wildman–Crippen MR) is 84.2 cm³/mol. The Morgan fingerprint density at radius 2 is 2.05 bits per heavy atom. The molecule has 1 aromatic carbocycles. The van der Waals surface area contributed by atoms with Gasteiger partial charge >= 0.3 is 0 Å². The minimum absolute atomic E-state index is 0.478.